The lowest BCUT2D eigenvalue weighted by Crippen LogP contribution is -2.42. The van der Waals surface area contributed by atoms with E-state index in [1.54, 1.807) is 51.2 Å². The lowest BCUT2D eigenvalue weighted by molar-refractivity contribution is -0.130. The van der Waals surface area contributed by atoms with Crippen molar-refractivity contribution in [3.05, 3.63) is 28.8 Å². The second kappa shape index (κ2) is 9.24. The van der Waals surface area contributed by atoms with Gasteiger partial charge in [-0.15, -0.1) is 0 Å². The SMILES string of the molecule is Cc1c(Cl)cccc1NC(=O)CNC(=O)CN(C)CC(=O)N(C)C. The molecule has 8 heteroatoms. The molecule has 2 N–H and O–H groups in total. The van der Waals surface area contributed by atoms with Crippen LogP contribution in [0.25, 0.3) is 0 Å². The molecule has 1 aromatic rings. The van der Waals surface area contributed by atoms with Crippen LogP contribution in [-0.2, 0) is 14.4 Å². The summed E-state index contributed by atoms with van der Waals surface area (Å²) in [6.07, 6.45) is 0. The molecule has 0 saturated heterocycles. The third-order valence-electron chi connectivity index (χ3n) is 3.31. The molecule has 0 aliphatic rings. The maximum atomic E-state index is 11.9. The van der Waals surface area contributed by atoms with Crippen LogP contribution in [0.4, 0.5) is 5.69 Å². The van der Waals surface area contributed by atoms with Crippen molar-refractivity contribution in [3.8, 4) is 0 Å². The van der Waals surface area contributed by atoms with Crippen molar-refractivity contribution in [1.82, 2.24) is 15.1 Å². The minimum Gasteiger partial charge on any atom is -0.348 e. The van der Waals surface area contributed by atoms with Crippen molar-refractivity contribution in [1.29, 1.82) is 0 Å². The van der Waals surface area contributed by atoms with Crippen LogP contribution >= 0.6 is 11.6 Å². The quantitative estimate of drug-likeness (QED) is 0.756. The Hall–Kier alpha value is -2.12. The number of hydrogen-bond acceptors (Lipinski definition) is 4. The van der Waals surface area contributed by atoms with Gasteiger partial charge in [0.05, 0.1) is 19.6 Å². The van der Waals surface area contributed by atoms with Crippen molar-refractivity contribution >= 4 is 35.0 Å². The lowest BCUT2D eigenvalue weighted by Gasteiger charge is -2.18. The van der Waals surface area contributed by atoms with Gasteiger partial charge in [0.25, 0.3) is 0 Å². The largest absolute Gasteiger partial charge is 0.348 e. The molecule has 0 heterocycles. The van der Waals surface area contributed by atoms with E-state index in [-0.39, 0.29) is 37.4 Å². The van der Waals surface area contributed by atoms with Gasteiger partial charge < -0.3 is 15.5 Å². The van der Waals surface area contributed by atoms with Crippen LogP contribution in [-0.4, -0.2) is 68.3 Å². The fraction of sp³-hybridized carbons (Fsp3) is 0.438. The molecule has 3 amide bonds. The second-order valence-electron chi connectivity index (χ2n) is 5.70. The Morgan fingerprint density at radius 1 is 1.08 bits per heavy atom. The first kappa shape index (κ1) is 19.9. The van der Waals surface area contributed by atoms with Crippen LogP contribution in [0.2, 0.25) is 5.02 Å². The molecule has 0 fully saturated rings. The summed E-state index contributed by atoms with van der Waals surface area (Å²) < 4.78 is 0. The number of rotatable bonds is 7. The van der Waals surface area contributed by atoms with E-state index in [4.69, 9.17) is 11.6 Å². The van der Waals surface area contributed by atoms with Crippen molar-refractivity contribution in [3.63, 3.8) is 0 Å². The first-order valence-corrected chi connectivity index (χ1v) is 7.79. The van der Waals surface area contributed by atoms with E-state index in [9.17, 15) is 14.4 Å². The van der Waals surface area contributed by atoms with E-state index < -0.39 is 0 Å². The Morgan fingerprint density at radius 3 is 2.38 bits per heavy atom. The van der Waals surface area contributed by atoms with E-state index >= 15 is 0 Å². The highest BCUT2D eigenvalue weighted by atomic mass is 35.5. The monoisotopic (exact) mass is 354 g/mol. The maximum Gasteiger partial charge on any atom is 0.243 e. The second-order valence-corrected chi connectivity index (χ2v) is 6.10. The number of carbonyl (C=O) groups is 3. The van der Waals surface area contributed by atoms with Gasteiger partial charge in [0.2, 0.25) is 17.7 Å². The van der Waals surface area contributed by atoms with Crippen molar-refractivity contribution in [2.24, 2.45) is 0 Å². The van der Waals surface area contributed by atoms with Crippen molar-refractivity contribution < 1.29 is 14.4 Å². The van der Waals surface area contributed by atoms with E-state index in [1.807, 2.05) is 0 Å². The zero-order chi connectivity index (χ0) is 18.3. The van der Waals surface area contributed by atoms with Gasteiger partial charge in [-0.25, -0.2) is 0 Å². The lowest BCUT2D eigenvalue weighted by atomic mass is 10.2. The summed E-state index contributed by atoms with van der Waals surface area (Å²) in [7, 11) is 4.97. The summed E-state index contributed by atoms with van der Waals surface area (Å²) in [6.45, 7) is 1.81. The van der Waals surface area contributed by atoms with Crippen LogP contribution in [0, 0.1) is 6.92 Å². The van der Waals surface area contributed by atoms with Crippen LogP contribution in [0.1, 0.15) is 5.56 Å². The predicted molar refractivity (Wildman–Crippen MR) is 94.0 cm³/mol. The Bertz CT molecular complexity index is 619. The van der Waals surface area contributed by atoms with Gasteiger partial charge in [0.1, 0.15) is 0 Å². The van der Waals surface area contributed by atoms with E-state index in [0.717, 1.165) is 5.56 Å². The molecule has 0 spiro atoms. The van der Waals surface area contributed by atoms with Gasteiger partial charge in [-0.3, -0.25) is 19.3 Å². The minimum atomic E-state index is -0.347. The number of hydrogen-bond donors (Lipinski definition) is 2. The zero-order valence-corrected chi connectivity index (χ0v) is 15.1. The molecule has 0 unspecified atom stereocenters. The van der Waals surface area contributed by atoms with Crippen LogP contribution in [0.15, 0.2) is 18.2 Å². The van der Waals surface area contributed by atoms with Crippen LogP contribution in [0.3, 0.4) is 0 Å². The number of benzene rings is 1. The van der Waals surface area contributed by atoms with E-state index in [2.05, 4.69) is 10.6 Å². The molecule has 0 aromatic heterocycles. The average Bonchev–Trinajstić information content (AvgIpc) is 2.49. The smallest absolute Gasteiger partial charge is 0.243 e. The van der Waals surface area contributed by atoms with Crippen LogP contribution < -0.4 is 10.6 Å². The number of nitrogens with zero attached hydrogens (tertiary/aromatic N) is 2. The van der Waals surface area contributed by atoms with Crippen LogP contribution in [0.5, 0.6) is 0 Å². The Kier molecular flexibility index (Phi) is 7.67. The third-order valence-corrected chi connectivity index (χ3v) is 3.71. The Morgan fingerprint density at radius 2 is 1.75 bits per heavy atom. The molecule has 0 saturated carbocycles. The van der Waals surface area contributed by atoms with Gasteiger partial charge in [0, 0.05) is 24.8 Å². The van der Waals surface area contributed by atoms with Gasteiger partial charge in [0.15, 0.2) is 0 Å². The van der Waals surface area contributed by atoms with Gasteiger partial charge in [-0.1, -0.05) is 17.7 Å². The van der Waals surface area contributed by atoms with Gasteiger partial charge >= 0.3 is 0 Å². The number of amides is 3. The molecular formula is C16H23ClN4O3. The summed E-state index contributed by atoms with van der Waals surface area (Å²) in [5.41, 5.74) is 1.37. The van der Waals surface area contributed by atoms with Crippen molar-refractivity contribution in [2.45, 2.75) is 6.92 Å². The minimum absolute atomic E-state index is 0.0308. The number of anilines is 1. The number of likely N-dealkylation sites (N-methyl/N-ethyl adjacent to an activating group) is 2. The summed E-state index contributed by atoms with van der Waals surface area (Å²) >= 11 is 5.99. The molecule has 132 valence electrons. The standard InChI is InChI=1S/C16H23ClN4O3/c1-11-12(17)6-5-7-13(11)19-14(22)8-18-15(23)9-21(4)10-16(24)20(2)3/h5-7H,8-10H2,1-4H3,(H,18,23)(H,19,22). The molecule has 0 aliphatic carbocycles. The van der Waals surface area contributed by atoms with E-state index in [1.165, 1.54) is 4.90 Å². The van der Waals surface area contributed by atoms with E-state index in [0.29, 0.717) is 10.7 Å². The molecule has 0 radical (unpaired) electrons. The first-order chi connectivity index (χ1) is 11.2. The van der Waals surface area contributed by atoms with Crippen molar-refractivity contribution in [2.75, 3.05) is 46.1 Å². The molecule has 1 rings (SSSR count). The summed E-state index contributed by atoms with van der Waals surface area (Å²) in [5.74, 6) is -0.776. The Labute approximate surface area is 146 Å². The third kappa shape index (κ3) is 6.55. The highest BCUT2D eigenvalue weighted by Gasteiger charge is 2.13. The summed E-state index contributed by atoms with van der Waals surface area (Å²) in [6, 6.07) is 5.21. The molecule has 0 aliphatic heterocycles. The Balaban J connectivity index is 2.40. The molecular weight excluding hydrogens is 332 g/mol. The molecule has 24 heavy (non-hydrogen) atoms. The average molecular weight is 355 g/mol. The molecule has 7 nitrogen and oxygen atoms in total. The highest BCUT2D eigenvalue weighted by molar-refractivity contribution is 6.31. The number of halogens is 1. The fourth-order valence-corrected chi connectivity index (χ4v) is 2.02. The topological polar surface area (TPSA) is 81.8 Å². The molecule has 1 aromatic carbocycles. The number of carbonyl (C=O) groups excluding carboxylic acids is 3. The maximum absolute atomic E-state index is 11.9. The van der Waals surface area contributed by atoms with Gasteiger partial charge in [-0.2, -0.15) is 0 Å². The molecule has 0 atom stereocenters. The predicted octanol–water partition coefficient (Wildman–Crippen LogP) is 0.723. The zero-order valence-electron chi connectivity index (χ0n) is 14.4. The fourth-order valence-electron chi connectivity index (χ4n) is 1.85. The first-order valence-electron chi connectivity index (χ1n) is 7.41. The normalized spacial score (nSPS) is 10.4. The highest BCUT2D eigenvalue weighted by Crippen LogP contribution is 2.22. The van der Waals surface area contributed by atoms with Gasteiger partial charge in [-0.05, 0) is 31.7 Å². The summed E-state index contributed by atoms with van der Waals surface area (Å²) in [4.78, 5) is 38.3. The molecule has 0 bridgehead atoms. The summed E-state index contributed by atoms with van der Waals surface area (Å²) in [5, 5.41) is 5.77. The number of nitrogens with one attached hydrogen (secondary N) is 2.